The number of pyridine rings is 2. The van der Waals surface area contributed by atoms with Crippen LogP contribution in [0.1, 0.15) is 0 Å². The van der Waals surface area contributed by atoms with Gasteiger partial charge in [0.15, 0.2) is 11.6 Å². The summed E-state index contributed by atoms with van der Waals surface area (Å²) in [5.41, 5.74) is 26.1. The van der Waals surface area contributed by atoms with Gasteiger partial charge < -0.3 is 4.57 Å². The van der Waals surface area contributed by atoms with Crippen molar-refractivity contribution in [3.05, 3.63) is 419 Å². The molecule has 0 saturated carbocycles. The van der Waals surface area contributed by atoms with Crippen molar-refractivity contribution in [1.29, 1.82) is 0 Å². The van der Waals surface area contributed by atoms with E-state index in [9.17, 15) is 0 Å². The van der Waals surface area contributed by atoms with Crippen LogP contribution in [0.4, 0.5) is 0 Å². The van der Waals surface area contributed by atoms with Gasteiger partial charge in [-0.2, -0.15) is 9.97 Å². The molecule has 5 nitrogen and oxygen atoms in total. The molecule has 0 fully saturated rings. The lowest BCUT2D eigenvalue weighted by Crippen LogP contribution is -2.12. The van der Waals surface area contributed by atoms with Gasteiger partial charge in [-0.25, -0.2) is 4.98 Å². The molecule has 0 atom stereocenters. The lowest BCUT2D eigenvalue weighted by molar-refractivity contribution is 0.948. The first kappa shape index (κ1) is 76.6. The van der Waals surface area contributed by atoms with E-state index in [1.165, 1.54) is 248 Å². The molecule has 0 N–H and O–H groups in total. The Bertz CT molecular complexity index is 9960. The minimum Gasteiger partial charge on any atom is -0.309 e. The zero-order valence-corrected chi connectivity index (χ0v) is 77.4. The third-order valence-electron chi connectivity index (χ3n) is 28.3. The summed E-state index contributed by atoms with van der Waals surface area (Å²) in [6.45, 7) is 0. The molecule has 0 saturated heterocycles. The first-order valence-corrected chi connectivity index (χ1v) is 50.9. The van der Waals surface area contributed by atoms with Gasteiger partial charge >= 0.3 is 0 Å². The average Bonchev–Trinajstić information content (AvgIpc) is 0.742. The van der Waals surface area contributed by atoms with Crippen LogP contribution in [-0.4, -0.2) is 24.1 Å². The molecule has 23 aromatic carbocycles. The van der Waals surface area contributed by atoms with Gasteiger partial charge in [0.1, 0.15) is 0 Å². The number of hydrogen-bond donors (Lipinski definition) is 0. The summed E-state index contributed by atoms with van der Waals surface area (Å²) in [5, 5.41) is 26.2. The van der Waals surface area contributed by atoms with Gasteiger partial charge in [-0.3, -0.25) is 4.57 Å². The Morgan fingerprint density at radius 2 is 0.537 bits per heavy atom. The van der Waals surface area contributed by atoms with Crippen LogP contribution >= 0.6 is 68.0 Å². The first-order valence-electron chi connectivity index (χ1n) is 46.0. The Balaban J connectivity index is 0.0000000971. The molecule has 11 heteroatoms. The SMILES string of the molecule is c1ccc(-c2nc(-c3ccccc3)nc(-n3c4ccc5cccc6c5c4-c4c5c(cccc53)ccc4n6-c3ccccc3)n2)cc1.c1ccc2c(c1)sc1c(-c3cc4sc5cccc6c(-c7cccc8c7sc7ccccc78)cc7sc8cccc3c8c4-c7c56)cccc12.c1ccc2cc(-c3cc4cccc5sc6c(-c7ccc8ccccc8c7)cc7cccc8sc3c(c45)-c6c78)ccc2c1. The molecule has 6 aliphatic heterocycles. The van der Waals surface area contributed by atoms with E-state index in [2.05, 4.69) is 391 Å². The maximum atomic E-state index is 5.18. The highest BCUT2D eigenvalue weighted by Gasteiger charge is 2.33. The first-order chi connectivity index (χ1) is 67.4. The molecule has 6 aliphatic rings. The third kappa shape index (κ3) is 11.4. The molecule has 0 bridgehead atoms. The fraction of sp³-hybridized carbons (Fsp3) is 0. The van der Waals surface area contributed by atoms with E-state index in [4.69, 9.17) is 15.0 Å². The van der Waals surface area contributed by atoms with Crippen LogP contribution in [0.25, 0.3) is 298 Å². The van der Waals surface area contributed by atoms with Crippen molar-refractivity contribution >= 4 is 254 Å². The second-order valence-corrected chi connectivity index (χ2v) is 42.1. The van der Waals surface area contributed by atoms with Gasteiger partial charge in [0, 0.05) is 183 Å². The van der Waals surface area contributed by atoms with E-state index in [1.807, 2.05) is 104 Å². The van der Waals surface area contributed by atoms with Crippen molar-refractivity contribution in [2.45, 2.75) is 0 Å². The maximum absolute atomic E-state index is 5.18. The summed E-state index contributed by atoms with van der Waals surface area (Å²) < 4.78 is 21.0. The fourth-order valence-corrected chi connectivity index (χ4v) is 29.9. The quantitative estimate of drug-likeness (QED) is 0.113. The van der Waals surface area contributed by atoms with E-state index in [-0.39, 0.29) is 0 Å². The van der Waals surface area contributed by atoms with E-state index in [0.717, 1.165) is 33.4 Å². The second-order valence-electron chi connectivity index (χ2n) is 35.7. The van der Waals surface area contributed by atoms with E-state index in [0.29, 0.717) is 17.6 Å². The number of thiophene rings is 2. The standard InChI is InChI=1S/C44H22S4.C41H25N5.C40H22S2/c1-3-17-33-23(9-1)27-13-5-15-29(43(27)47-33)31-21-37-41-39-25(31)11-7-19-35(39)46-38-22-32(26-12-8-20-36(45-37)40(26)42(38)41)30-16-6-14-28-24-10-2-4-18-34(24)48-44(28)30;1-4-12-28(13-5-1)39-42-40(29-14-6-2-7-15-29)44-41(43-39)46-32-21-11-17-27-22-24-33-37(36(27)32)38-34(46)25-23-26-16-10-20-31(35(26)38)45(33)30-18-8-3-9-19-30;1-3-9-25-19-27(17-15-23(25)7-1)31-21-29-11-5-14-34-35(29)37-38-36-30(12-6-13-33(36)41-39(31)37)22-32(40(38)42-34)28-18-16-24-8-2-4-10-26(24)20-28/h1-22H;1-25H;1-22H. The molecular weight excluding hydrogens is 1760 g/mol. The van der Waals surface area contributed by atoms with Gasteiger partial charge in [0.2, 0.25) is 5.95 Å². The molecule has 0 unspecified atom stereocenters. The predicted molar refractivity (Wildman–Crippen MR) is 590 cm³/mol. The monoisotopic (exact) mass is 1830 g/mol. The molecule has 0 spiro atoms. The Morgan fingerprint density at radius 3 is 1.04 bits per heavy atom. The zero-order chi connectivity index (χ0) is 88.6. The molecule has 0 aliphatic carbocycles. The van der Waals surface area contributed by atoms with Crippen LogP contribution in [-0.2, 0) is 0 Å². The van der Waals surface area contributed by atoms with Crippen LogP contribution in [0.5, 0.6) is 0 Å². The van der Waals surface area contributed by atoms with Crippen LogP contribution in [0, 0.1) is 0 Å². The topological polar surface area (TPSA) is 48.5 Å². The number of aromatic nitrogens is 5. The van der Waals surface area contributed by atoms with E-state index in [1.54, 1.807) is 0 Å². The summed E-state index contributed by atoms with van der Waals surface area (Å²) in [4.78, 5) is 15.3. The highest BCUT2D eigenvalue weighted by atomic mass is 32.1. The number of benzene rings is 23. The predicted octanol–water partition coefficient (Wildman–Crippen LogP) is 37.6. The normalized spacial score (nSPS) is 12.3. The second kappa shape index (κ2) is 29.8. The summed E-state index contributed by atoms with van der Waals surface area (Å²) in [6.07, 6.45) is 0. The molecular formula is C125H69N5S6. The van der Waals surface area contributed by atoms with Crippen molar-refractivity contribution in [3.8, 4) is 112 Å². The fourth-order valence-electron chi connectivity index (χ4n) is 22.5. The van der Waals surface area contributed by atoms with Gasteiger partial charge in [-0.1, -0.05) is 309 Å². The largest absolute Gasteiger partial charge is 0.309 e. The number of hydrogen-bond acceptors (Lipinski definition) is 9. The van der Waals surface area contributed by atoms with Crippen molar-refractivity contribution in [3.63, 3.8) is 0 Å². The maximum Gasteiger partial charge on any atom is 0.238 e. The van der Waals surface area contributed by atoms with Crippen LogP contribution in [0.15, 0.2) is 419 Å². The zero-order valence-electron chi connectivity index (χ0n) is 72.5. The lowest BCUT2D eigenvalue weighted by Gasteiger charge is -2.28. The summed E-state index contributed by atoms with van der Waals surface area (Å²) in [6, 6.07) is 153. The van der Waals surface area contributed by atoms with Gasteiger partial charge in [-0.05, 0) is 185 Å². The van der Waals surface area contributed by atoms with E-state index < -0.39 is 0 Å². The van der Waals surface area contributed by atoms with Crippen molar-refractivity contribution in [2.24, 2.45) is 0 Å². The summed E-state index contributed by atoms with van der Waals surface area (Å²) in [5.74, 6) is 1.87. The minimum atomic E-state index is 0.592. The average molecular weight is 1830 g/mol. The Kier molecular flexibility index (Phi) is 16.8. The van der Waals surface area contributed by atoms with Gasteiger partial charge in [-0.15, -0.1) is 68.0 Å². The van der Waals surface area contributed by atoms with Gasteiger partial charge in [0.25, 0.3) is 0 Å². The molecule has 630 valence electrons. The molecule has 32 rings (SSSR count). The highest BCUT2D eigenvalue weighted by Crippen LogP contribution is 2.60. The van der Waals surface area contributed by atoms with Gasteiger partial charge in [0.05, 0.1) is 22.1 Å². The van der Waals surface area contributed by atoms with Crippen LogP contribution < -0.4 is 0 Å². The molecule has 0 amide bonds. The van der Waals surface area contributed by atoms with Crippen molar-refractivity contribution in [1.82, 2.24) is 24.1 Å². The number of nitrogens with zero attached hydrogens (tertiary/aromatic N) is 5. The Labute approximate surface area is 802 Å². The highest BCUT2D eigenvalue weighted by molar-refractivity contribution is 7.29. The number of fused-ring (bicyclic) bond motifs is 8. The molecule has 9 heterocycles. The van der Waals surface area contributed by atoms with E-state index >= 15 is 0 Å². The Hall–Kier alpha value is -15.9. The lowest BCUT2D eigenvalue weighted by atomic mass is 9.87. The number of para-hydroxylation sites is 1. The third-order valence-corrected chi connectivity index (χ3v) is 35.3. The molecule has 136 heavy (non-hydrogen) atoms. The molecule has 3 aromatic heterocycles. The van der Waals surface area contributed by atoms with Crippen molar-refractivity contribution in [2.75, 3.05) is 0 Å². The summed E-state index contributed by atoms with van der Waals surface area (Å²) in [7, 11) is 0. The smallest absolute Gasteiger partial charge is 0.238 e. The van der Waals surface area contributed by atoms with Crippen LogP contribution in [0.2, 0.25) is 0 Å². The van der Waals surface area contributed by atoms with Crippen LogP contribution in [0.3, 0.4) is 0 Å². The summed E-state index contributed by atoms with van der Waals surface area (Å²) >= 11 is 11.6. The van der Waals surface area contributed by atoms with Crippen molar-refractivity contribution < 1.29 is 0 Å². The number of rotatable bonds is 8. The molecule has 0 radical (unpaired) electrons. The molecule has 26 aromatic rings. The Morgan fingerprint density at radius 1 is 0.169 bits per heavy atom. The minimum absolute atomic E-state index is 0.592.